The van der Waals surface area contributed by atoms with E-state index in [1.807, 2.05) is 48.5 Å². The molecule has 0 aliphatic heterocycles. The van der Waals surface area contributed by atoms with E-state index in [2.05, 4.69) is 41.6 Å². The molecule has 3 rings (SSSR count). The van der Waals surface area contributed by atoms with Crippen LogP contribution in [0.25, 0.3) is 11.4 Å². The second-order valence-electron chi connectivity index (χ2n) is 7.13. The Kier molecular flexibility index (Phi) is 6.84. The van der Waals surface area contributed by atoms with Crippen LogP contribution >= 0.6 is 0 Å². The molecule has 1 aromatic heterocycles. The molecule has 0 saturated carbocycles. The van der Waals surface area contributed by atoms with Gasteiger partial charge in [-0.2, -0.15) is 0 Å². The number of ether oxygens (including phenoxy) is 1. The molecule has 0 unspecified atom stereocenters. The maximum Gasteiger partial charge on any atom is 0.163 e. The Bertz CT molecular complexity index is 881. The smallest absolute Gasteiger partial charge is 0.163 e. The first-order chi connectivity index (χ1) is 13.6. The number of nitrogens with one attached hydrogen (secondary N) is 2. The van der Waals surface area contributed by atoms with Gasteiger partial charge in [0.1, 0.15) is 17.4 Å². The van der Waals surface area contributed by atoms with Crippen molar-refractivity contribution in [3.8, 4) is 17.1 Å². The molecule has 2 aromatic carbocycles. The van der Waals surface area contributed by atoms with Gasteiger partial charge in [0.25, 0.3) is 0 Å². The van der Waals surface area contributed by atoms with Crippen LogP contribution in [-0.4, -0.2) is 30.2 Å². The van der Waals surface area contributed by atoms with Crippen molar-refractivity contribution < 1.29 is 4.74 Å². The highest BCUT2D eigenvalue weighted by atomic mass is 16.5. The van der Waals surface area contributed by atoms with E-state index < -0.39 is 0 Å². The summed E-state index contributed by atoms with van der Waals surface area (Å²) in [5.74, 6) is 3.80. The zero-order chi connectivity index (χ0) is 19.8. The van der Waals surface area contributed by atoms with E-state index in [-0.39, 0.29) is 0 Å². The summed E-state index contributed by atoms with van der Waals surface area (Å²) in [5.41, 5.74) is 2.23. The minimum Gasteiger partial charge on any atom is -0.497 e. The van der Waals surface area contributed by atoms with Crippen molar-refractivity contribution in [3.05, 3.63) is 66.2 Å². The molecule has 1 heterocycles. The fraction of sp³-hybridized carbons (Fsp3) is 0.304. The van der Waals surface area contributed by atoms with Crippen molar-refractivity contribution in [2.45, 2.75) is 20.3 Å². The summed E-state index contributed by atoms with van der Waals surface area (Å²) >= 11 is 0. The average molecular weight is 377 g/mol. The number of aromatic nitrogens is 2. The van der Waals surface area contributed by atoms with Crippen LogP contribution < -0.4 is 15.4 Å². The summed E-state index contributed by atoms with van der Waals surface area (Å²) in [5, 5.41) is 6.85. The normalized spacial score (nSPS) is 10.7. The van der Waals surface area contributed by atoms with Crippen LogP contribution in [0, 0.1) is 5.92 Å². The third kappa shape index (κ3) is 5.71. The molecule has 5 nitrogen and oxygen atoms in total. The highest BCUT2D eigenvalue weighted by Crippen LogP contribution is 2.20. The Labute approximate surface area is 167 Å². The van der Waals surface area contributed by atoms with Gasteiger partial charge in [0.2, 0.25) is 0 Å². The van der Waals surface area contributed by atoms with Gasteiger partial charge in [-0.3, -0.25) is 0 Å². The molecule has 0 saturated heterocycles. The van der Waals surface area contributed by atoms with Crippen LogP contribution in [0.3, 0.4) is 0 Å². The lowest BCUT2D eigenvalue weighted by Gasteiger charge is -2.13. The van der Waals surface area contributed by atoms with E-state index in [9.17, 15) is 0 Å². The summed E-state index contributed by atoms with van der Waals surface area (Å²) in [4.78, 5) is 9.39. The lowest BCUT2D eigenvalue weighted by Crippen LogP contribution is -2.12. The monoisotopic (exact) mass is 376 g/mol. The summed E-state index contributed by atoms with van der Waals surface area (Å²) < 4.78 is 5.30. The second kappa shape index (κ2) is 9.74. The molecule has 0 fully saturated rings. The van der Waals surface area contributed by atoms with Crippen LogP contribution in [0.1, 0.15) is 19.4 Å². The zero-order valence-electron chi connectivity index (χ0n) is 16.8. The van der Waals surface area contributed by atoms with E-state index in [4.69, 9.17) is 9.72 Å². The topological polar surface area (TPSA) is 59.1 Å². The molecule has 28 heavy (non-hydrogen) atoms. The Balaban J connectivity index is 1.73. The van der Waals surface area contributed by atoms with E-state index in [0.717, 1.165) is 48.3 Å². The maximum absolute atomic E-state index is 5.30. The third-order valence-electron chi connectivity index (χ3n) is 4.30. The predicted molar refractivity (Wildman–Crippen MR) is 116 cm³/mol. The fourth-order valence-electron chi connectivity index (χ4n) is 2.82. The lowest BCUT2D eigenvalue weighted by molar-refractivity contribution is 0.414. The average Bonchev–Trinajstić information content (AvgIpc) is 2.73. The van der Waals surface area contributed by atoms with Gasteiger partial charge in [-0.25, -0.2) is 9.97 Å². The van der Waals surface area contributed by atoms with Crippen molar-refractivity contribution in [1.82, 2.24) is 9.97 Å². The molecular formula is C23H28N4O. The first-order valence-corrected chi connectivity index (χ1v) is 9.69. The molecule has 0 aliphatic carbocycles. The Hall–Kier alpha value is -3.08. The van der Waals surface area contributed by atoms with Gasteiger partial charge < -0.3 is 15.4 Å². The molecule has 5 heteroatoms. The molecule has 3 aromatic rings. The molecule has 146 valence electrons. The standard InChI is InChI=1S/C23H28N4O/c1-17(2)16-25-22-15-21(26-23(27-22)19-9-5-4-6-10-19)24-13-12-18-8-7-11-20(14-18)28-3/h4-11,14-15,17H,12-13,16H2,1-3H3,(H2,24,25,26,27). The van der Waals surface area contributed by atoms with E-state index in [1.54, 1.807) is 7.11 Å². The first kappa shape index (κ1) is 19.7. The highest BCUT2D eigenvalue weighted by Gasteiger charge is 2.07. The van der Waals surface area contributed by atoms with Gasteiger partial charge in [0.05, 0.1) is 7.11 Å². The van der Waals surface area contributed by atoms with Crippen molar-refractivity contribution in [2.75, 3.05) is 30.8 Å². The van der Waals surface area contributed by atoms with E-state index >= 15 is 0 Å². The number of nitrogens with zero attached hydrogens (tertiary/aromatic N) is 2. The van der Waals surface area contributed by atoms with Crippen LogP contribution in [-0.2, 0) is 6.42 Å². The van der Waals surface area contributed by atoms with E-state index in [1.165, 1.54) is 5.56 Å². The van der Waals surface area contributed by atoms with Crippen LogP contribution in [0.15, 0.2) is 60.7 Å². The highest BCUT2D eigenvalue weighted by molar-refractivity contribution is 5.61. The molecule has 2 N–H and O–H groups in total. The quantitative estimate of drug-likeness (QED) is 0.558. The van der Waals surface area contributed by atoms with Crippen LogP contribution in [0.2, 0.25) is 0 Å². The fourth-order valence-corrected chi connectivity index (χ4v) is 2.82. The summed E-state index contributed by atoms with van der Waals surface area (Å²) in [6.07, 6.45) is 0.886. The van der Waals surface area contributed by atoms with Crippen molar-refractivity contribution in [3.63, 3.8) is 0 Å². The van der Waals surface area contributed by atoms with Gasteiger partial charge in [0.15, 0.2) is 5.82 Å². The van der Waals surface area contributed by atoms with Gasteiger partial charge in [-0.05, 0) is 30.0 Å². The SMILES string of the molecule is COc1cccc(CCNc2cc(NCC(C)C)nc(-c3ccccc3)n2)c1. The summed E-state index contributed by atoms with van der Waals surface area (Å²) in [6.45, 7) is 6.01. The molecule has 0 atom stereocenters. The number of rotatable bonds is 9. The van der Waals surface area contributed by atoms with Crippen molar-refractivity contribution in [1.29, 1.82) is 0 Å². The Morgan fingerprint density at radius 3 is 2.36 bits per heavy atom. The number of methoxy groups -OCH3 is 1. The predicted octanol–water partition coefficient (Wildman–Crippen LogP) is 4.87. The number of benzene rings is 2. The molecule has 0 aliphatic rings. The Morgan fingerprint density at radius 2 is 1.64 bits per heavy atom. The molecule has 0 bridgehead atoms. The van der Waals surface area contributed by atoms with E-state index in [0.29, 0.717) is 5.92 Å². The van der Waals surface area contributed by atoms with Gasteiger partial charge >= 0.3 is 0 Å². The number of anilines is 2. The maximum atomic E-state index is 5.30. The Morgan fingerprint density at radius 1 is 0.893 bits per heavy atom. The zero-order valence-corrected chi connectivity index (χ0v) is 16.8. The number of hydrogen-bond donors (Lipinski definition) is 2. The van der Waals surface area contributed by atoms with Gasteiger partial charge in [0, 0.05) is 24.7 Å². The molecule has 0 spiro atoms. The number of hydrogen-bond acceptors (Lipinski definition) is 5. The molecular weight excluding hydrogens is 348 g/mol. The van der Waals surface area contributed by atoms with Crippen LogP contribution in [0.5, 0.6) is 5.75 Å². The van der Waals surface area contributed by atoms with Gasteiger partial charge in [-0.15, -0.1) is 0 Å². The first-order valence-electron chi connectivity index (χ1n) is 9.69. The third-order valence-corrected chi connectivity index (χ3v) is 4.30. The van der Waals surface area contributed by atoms with Gasteiger partial charge in [-0.1, -0.05) is 56.3 Å². The summed E-state index contributed by atoms with van der Waals surface area (Å²) in [6, 6.07) is 20.2. The molecule has 0 amide bonds. The van der Waals surface area contributed by atoms with Crippen molar-refractivity contribution in [2.24, 2.45) is 5.92 Å². The lowest BCUT2D eigenvalue weighted by atomic mass is 10.1. The second-order valence-corrected chi connectivity index (χ2v) is 7.13. The van der Waals surface area contributed by atoms with Crippen LogP contribution in [0.4, 0.5) is 11.6 Å². The molecule has 0 radical (unpaired) electrons. The minimum absolute atomic E-state index is 0.541. The van der Waals surface area contributed by atoms with Crippen molar-refractivity contribution >= 4 is 11.6 Å². The largest absolute Gasteiger partial charge is 0.497 e. The minimum atomic E-state index is 0.541. The summed E-state index contributed by atoms with van der Waals surface area (Å²) in [7, 11) is 1.69.